The number of halogens is 1. The highest BCUT2D eigenvalue weighted by Gasteiger charge is 2.20. The van der Waals surface area contributed by atoms with E-state index < -0.39 is 11.9 Å². The average molecular weight is 330 g/mol. The minimum Gasteiger partial charge on any atom is -0.389 e. The van der Waals surface area contributed by atoms with Crippen LogP contribution in [0.5, 0.6) is 0 Å². The Hall–Kier alpha value is -1.14. The summed E-state index contributed by atoms with van der Waals surface area (Å²) in [5.74, 6) is -0.334. The molecule has 1 aromatic carbocycles. The van der Waals surface area contributed by atoms with Crippen LogP contribution in [0, 0.1) is 5.92 Å². The number of nitrogens with one attached hydrogen (secondary N) is 1. The van der Waals surface area contributed by atoms with Gasteiger partial charge in [-0.2, -0.15) is 0 Å². The molecule has 1 atom stereocenters. The van der Waals surface area contributed by atoms with Gasteiger partial charge in [0, 0.05) is 15.7 Å². The molecule has 6 heteroatoms. The van der Waals surface area contributed by atoms with Crippen molar-refractivity contribution in [2.75, 3.05) is 5.32 Å². The van der Waals surface area contributed by atoms with Crippen LogP contribution in [0.25, 0.3) is 0 Å². The van der Waals surface area contributed by atoms with Crippen molar-refractivity contribution in [2.45, 2.75) is 19.9 Å². The lowest BCUT2D eigenvalue weighted by Gasteiger charge is -2.22. The summed E-state index contributed by atoms with van der Waals surface area (Å²) in [6.07, 6.45) is 0. The summed E-state index contributed by atoms with van der Waals surface area (Å²) in [4.78, 5) is 11.7. The topological polar surface area (TPSA) is 81.1 Å². The third-order valence-corrected chi connectivity index (χ3v) is 3.24. The van der Waals surface area contributed by atoms with Gasteiger partial charge in [0.05, 0.1) is 0 Å². The van der Waals surface area contributed by atoms with Crippen LogP contribution in [0.2, 0.25) is 0 Å². The Morgan fingerprint density at radius 3 is 2.44 bits per heavy atom. The van der Waals surface area contributed by atoms with Crippen LogP contribution in [-0.2, 0) is 4.79 Å². The molecular formula is C12H16BrN3OS. The molecule has 0 bridgehead atoms. The van der Waals surface area contributed by atoms with Gasteiger partial charge >= 0.3 is 0 Å². The molecule has 0 spiro atoms. The van der Waals surface area contributed by atoms with E-state index >= 15 is 0 Å². The van der Waals surface area contributed by atoms with Crippen LogP contribution in [-0.4, -0.2) is 16.9 Å². The predicted octanol–water partition coefficient (Wildman–Crippen LogP) is 2.01. The SMILES string of the molecule is CC(C)C(Nc1cc(Br)ccc1C(N)=S)C(N)=O. The largest absolute Gasteiger partial charge is 0.389 e. The third kappa shape index (κ3) is 3.68. The van der Waals surface area contributed by atoms with Gasteiger partial charge in [0.2, 0.25) is 5.91 Å². The summed E-state index contributed by atoms with van der Waals surface area (Å²) in [5, 5.41) is 3.10. The smallest absolute Gasteiger partial charge is 0.240 e. The van der Waals surface area contributed by atoms with Gasteiger partial charge in [-0.25, -0.2) is 0 Å². The second kappa shape index (κ2) is 6.15. The molecule has 18 heavy (non-hydrogen) atoms. The molecule has 0 aliphatic rings. The Balaban J connectivity index is 3.12. The molecule has 1 amide bonds. The number of amides is 1. The molecule has 0 saturated carbocycles. The van der Waals surface area contributed by atoms with Gasteiger partial charge in [-0.3, -0.25) is 4.79 Å². The molecule has 0 aromatic heterocycles. The molecule has 1 unspecified atom stereocenters. The first kappa shape index (κ1) is 14.9. The molecule has 0 heterocycles. The summed E-state index contributed by atoms with van der Waals surface area (Å²) >= 11 is 8.35. The number of anilines is 1. The first-order valence-electron chi connectivity index (χ1n) is 5.48. The number of rotatable bonds is 5. The van der Waals surface area contributed by atoms with Gasteiger partial charge in [-0.1, -0.05) is 42.0 Å². The third-order valence-electron chi connectivity index (χ3n) is 2.53. The maximum Gasteiger partial charge on any atom is 0.240 e. The summed E-state index contributed by atoms with van der Waals surface area (Å²) in [7, 11) is 0. The molecule has 0 radical (unpaired) electrons. The number of hydrogen-bond acceptors (Lipinski definition) is 3. The Morgan fingerprint density at radius 1 is 1.39 bits per heavy atom. The molecule has 4 nitrogen and oxygen atoms in total. The number of thiocarbonyl (C=S) groups is 1. The zero-order valence-corrected chi connectivity index (χ0v) is 12.6. The van der Waals surface area contributed by atoms with Crippen molar-refractivity contribution < 1.29 is 4.79 Å². The van der Waals surface area contributed by atoms with Gasteiger partial charge in [-0.15, -0.1) is 0 Å². The van der Waals surface area contributed by atoms with Crippen molar-refractivity contribution in [2.24, 2.45) is 17.4 Å². The van der Waals surface area contributed by atoms with Gasteiger partial charge in [0.1, 0.15) is 11.0 Å². The Morgan fingerprint density at radius 2 is 2.00 bits per heavy atom. The summed E-state index contributed by atoms with van der Waals surface area (Å²) in [6.45, 7) is 3.84. The molecule has 1 aromatic rings. The van der Waals surface area contributed by atoms with Crippen LogP contribution in [0.4, 0.5) is 5.69 Å². The highest BCUT2D eigenvalue weighted by Crippen LogP contribution is 2.23. The average Bonchev–Trinajstić information content (AvgIpc) is 2.24. The molecule has 98 valence electrons. The van der Waals surface area contributed by atoms with E-state index in [2.05, 4.69) is 21.2 Å². The van der Waals surface area contributed by atoms with Crippen LogP contribution < -0.4 is 16.8 Å². The van der Waals surface area contributed by atoms with E-state index in [9.17, 15) is 4.79 Å². The highest BCUT2D eigenvalue weighted by atomic mass is 79.9. The van der Waals surface area contributed by atoms with Gasteiger partial charge in [-0.05, 0) is 24.1 Å². The molecule has 0 aliphatic carbocycles. The van der Waals surface area contributed by atoms with Crippen molar-refractivity contribution in [1.82, 2.24) is 0 Å². The fourth-order valence-corrected chi connectivity index (χ4v) is 2.12. The first-order chi connectivity index (χ1) is 8.32. The number of carbonyl (C=O) groups excluding carboxylic acids is 1. The van der Waals surface area contributed by atoms with Crippen molar-refractivity contribution >= 4 is 44.7 Å². The monoisotopic (exact) mass is 329 g/mol. The number of benzene rings is 1. The van der Waals surface area contributed by atoms with E-state index in [1.165, 1.54) is 0 Å². The summed E-state index contributed by atoms with van der Waals surface area (Å²) < 4.78 is 0.872. The lowest BCUT2D eigenvalue weighted by molar-refractivity contribution is -0.119. The number of primary amides is 1. The zero-order valence-electron chi connectivity index (χ0n) is 10.2. The van der Waals surface area contributed by atoms with Gasteiger partial charge < -0.3 is 16.8 Å². The van der Waals surface area contributed by atoms with E-state index in [4.69, 9.17) is 23.7 Å². The van der Waals surface area contributed by atoms with E-state index in [1.807, 2.05) is 26.0 Å². The van der Waals surface area contributed by atoms with E-state index in [0.29, 0.717) is 11.3 Å². The molecule has 0 fully saturated rings. The molecular weight excluding hydrogens is 314 g/mol. The Labute approximate surface area is 120 Å². The van der Waals surface area contributed by atoms with Crippen LogP contribution in [0.15, 0.2) is 22.7 Å². The van der Waals surface area contributed by atoms with Crippen LogP contribution in [0.3, 0.4) is 0 Å². The van der Waals surface area contributed by atoms with Gasteiger partial charge in [0.15, 0.2) is 0 Å². The minimum atomic E-state index is -0.465. The standard InChI is InChI=1S/C12H16BrN3OS/c1-6(2)10(11(14)17)16-9-5-7(13)3-4-8(9)12(15)18/h3-6,10,16H,1-2H3,(H2,14,17)(H2,15,18). The van der Waals surface area contributed by atoms with E-state index in [0.717, 1.165) is 4.47 Å². The molecule has 5 N–H and O–H groups in total. The normalized spacial score (nSPS) is 12.2. The Kier molecular flexibility index (Phi) is 5.10. The first-order valence-corrected chi connectivity index (χ1v) is 6.68. The van der Waals surface area contributed by atoms with Gasteiger partial charge in [0.25, 0.3) is 0 Å². The van der Waals surface area contributed by atoms with Crippen LogP contribution >= 0.6 is 28.1 Å². The van der Waals surface area contributed by atoms with Crippen molar-refractivity contribution in [1.29, 1.82) is 0 Å². The van der Waals surface area contributed by atoms with E-state index in [-0.39, 0.29) is 10.9 Å². The van der Waals surface area contributed by atoms with Crippen LogP contribution in [0.1, 0.15) is 19.4 Å². The molecule has 0 saturated heterocycles. The number of nitrogens with two attached hydrogens (primary N) is 2. The van der Waals surface area contributed by atoms with Crippen molar-refractivity contribution in [3.8, 4) is 0 Å². The van der Waals surface area contributed by atoms with E-state index in [1.54, 1.807) is 6.07 Å². The second-order valence-electron chi connectivity index (χ2n) is 4.32. The maximum absolute atomic E-state index is 11.4. The Bertz CT molecular complexity index is 476. The molecule has 0 aliphatic heterocycles. The lowest BCUT2D eigenvalue weighted by Crippen LogP contribution is -2.40. The zero-order chi connectivity index (χ0) is 13.9. The quantitative estimate of drug-likeness (QED) is 0.722. The highest BCUT2D eigenvalue weighted by molar-refractivity contribution is 9.10. The van der Waals surface area contributed by atoms with Crippen molar-refractivity contribution in [3.05, 3.63) is 28.2 Å². The predicted molar refractivity (Wildman–Crippen MR) is 81.5 cm³/mol. The molecule has 1 rings (SSSR count). The minimum absolute atomic E-state index is 0.0701. The fourth-order valence-electron chi connectivity index (χ4n) is 1.58. The fraction of sp³-hybridized carbons (Fsp3) is 0.333. The maximum atomic E-state index is 11.4. The lowest BCUT2D eigenvalue weighted by atomic mass is 10.0. The summed E-state index contributed by atoms with van der Waals surface area (Å²) in [5.41, 5.74) is 12.4. The number of carbonyl (C=O) groups is 1. The second-order valence-corrected chi connectivity index (χ2v) is 5.68. The number of hydrogen-bond donors (Lipinski definition) is 3. The van der Waals surface area contributed by atoms with Crippen molar-refractivity contribution in [3.63, 3.8) is 0 Å². The summed E-state index contributed by atoms with van der Waals surface area (Å²) in [6, 6.07) is 5.00.